The van der Waals surface area contributed by atoms with Crippen LogP contribution in [0.15, 0.2) is 0 Å². The van der Waals surface area contributed by atoms with Crippen molar-refractivity contribution in [1.29, 1.82) is 0 Å². The van der Waals surface area contributed by atoms with E-state index in [1.54, 1.807) is 0 Å². The van der Waals surface area contributed by atoms with Crippen molar-refractivity contribution < 1.29 is 0 Å². The van der Waals surface area contributed by atoms with Crippen molar-refractivity contribution in [2.75, 3.05) is 20.1 Å². The van der Waals surface area contributed by atoms with E-state index in [1.165, 1.54) is 19.5 Å². The maximum atomic E-state index is 2.43. The summed E-state index contributed by atoms with van der Waals surface area (Å²) >= 11 is 0. The number of likely N-dealkylation sites (tertiary alicyclic amines) is 1. The lowest BCUT2D eigenvalue weighted by Gasteiger charge is -2.41. The first-order valence-electron chi connectivity index (χ1n) is 4.21. The summed E-state index contributed by atoms with van der Waals surface area (Å²) in [6.07, 6.45) is 1.36. The Balaban J connectivity index is 2.55. The number of rotatable bonds is 0. The minimum atomic E-state index is 0.535. The van der Waals surface area contributed by atoms with Gasteiger partial charge in [0.2, 0.25) is 0 Å². The number of hydrogen-bond donors (Lipinski definition) is 0. The molecule has 0 N–H and O–H groups in total. The van der Waals surface area contributed by atoms with E-state index in [1.807, 2.05) is 0 Å². The van der Waals surface area contributed by atoms with Crippen LogP contribution in [0.1, 0.15) is 27.2 Å². The van der Waals surface area contributed by atoms with Crippen LogP contribution in [0.4, 0.5) is 0 Å². The molecule has 0 saturated carbocycles. The number of piperidine rings is 1. The molecule has 0 aliphatic carbocycles. The van der Waals surface area contributed by atoms with E-state index in [0.717, 1.165) is 5.92 Å². The van der Waals surface area contributed by atoms with Gasteiger partial charge in [-0.05, 0) is 31.3 Å². The topological polar surface area (TPSA) is 3.24 Å². The monoisotopic (exact) mass is 141 g/mol. The second-order valence-corrected chi connectivity index (χ2v) is 4.42. The molecule has 1 aliphatic heterocycles. The average molecular weight is 141 g/mol. The molecule has 0 radical (unpaired) electrons. The largest absolute Gasteiger partial charge is 0.306 e. The van der Waals surface area contributed by atoms with Gasteiger partial charge in [0, 0.05) is 6.54 Å². The van der Waals surface area contributed by atoms with Crippen molar-refractivity contribution in [3.8, 4) is 0 Å². The van der Waals surface area contributed by atoms with Crippen LogP contribution in [0.25, 0.3) is 0 Å². The average Bonchev–Trinajstić information content (AvgIpc) is 1.78. The minimum Gasteiger partial charge on any atom is -0.306 e. The Bertz CT molecular complexity index is 118. The third-order valence-corrected chi connectivity index (χ3v) is 2.96. The van der Waals surface area contributed by atoms with E-state index in [-0.39, 0.29) is 0 Å². The molecule has 0 aromatic carbocycles. The highest BCUT2D eigenvalue weighted by Gasteiger charge is 2.30. The third-order valence-electron chi connectivity index (χ3n) is 2.96. The molecule has 0 aromatic heterocycles. The molecular weight excluding hydrogens is 122 g/mol. The van der Waals surface area contributed by atoms with E-state index in [9.17, 15) is 0 Å². The Hall–Kier alpha value is -0.0400. The van der Waals surface area contributed by atoms with Crippen LogP contribution in [-0.4, -0.2) is 25.0 Å². The smallest absolute Gasteiger partial charge is 0.00322 e. The molecule has 0 bridgehead atoms. The van der Waals surface area contributed by atoms with Gasteiger partial charge in [-0.1, -0.05) is 20.8 Å². The van der Waals surface area contributed by atoms with Gasteiger partial charge >= 0.3 is 0 Å². The van der Waals surface area contributed by atoms with Crippen molar-refractivity contribution in [1.82, 2.24) is 4.90 Å². The fourth-order valence-electron chi connectivity index (χ4n) is 1.74. The SMILES string of the molecule is CC1CCN(C)CC1(C)C. The van der Waals surface area contributed by atoms with E-state index >= 15 is 0 Å². The van der Waals surface area contributed by atoms with Crippen LogP contribution in [0.5, 0.6) is 0 Å². The van der Waals surface area contributed by atoms with Gasteiger partial charge in [-0.2, -0.15) is 0 Å². The zero-order valence-electron chi connectivity index (χ0n) is 7.65. The van der Waals surface area contributed by atoms with E-state index in [0.29, 0.717) is 5.41 Å². The molecule has 0 aromatic rings. The zero-order chi connectivity index (χ0) is 7.78. The molecule has 60 valence electrons. The summed E-state index contributed by atoms with van der Waals surface area (Å²) in [5.74, 6) is 0.892. The molecule has 1 fully saturated rings. The molecule has 1 unspecified atom stereocenters. The highest BCUT2D eigenvalue weighted by molar-refractivity contribution is 4.83. The molecule has 1 rings (SSSR count). The minimum absolute atomic E-state index is 0.535. The summed E-state index contributed by atoms with van der Waals surface area (Å²) in [6, 6.07) is 0. The fourth-order valence-corrected chi connectivity index (χ4v) is 1.74. The quantitative estimate of drug-likeness (QED) is 0.498. The molecule has 10 heavy (non-hydrogen) atoms. The molecule has 1 heteroatoms. The Morgan fingerprint density at radius 3 is 2.40 bits per heavy atom. The van der Waals surface area contributed by atoms with Gasteiger partial charge in [0.05, 0.1) is 0 Å². The van der Waals surface area contributed by atoms with Gasteiger partial charge < -0.3 is 4.90 Å². The second kappa shape index (κ2) is 2.54. The van der Waals surface area contributed by atoms with E-state index in [2.05, 4.69) is 32.7 Å². The standard InChI is InChI=1S/C9H19N/c1-8-5-6-10(4)7-9(8,2)3/h8H,5-7H2,1-4H3. The fraction of sp³-hybridized carbons (Fsp3) is 1.00. The van der Waals surface area contributed by atoms with Crippen molar-refractivity contribution in [3.63, 3.8) is 0 Å². The Kier molecular flexibility index (Phi) is 2.04. The van der Waals surface area contributed by atoms with Crippen molar-refractivity contribution in [2.24, 2.45) is 11.3 Å². The van der Waals surface area contributed by atoms with Crippen LogP contribution >= 0.6 is 0 Å². The van der Waals surface area contributed by atoms with Crippen LogP contribution in [-0.2, 0) is 0 Å². The van der Waals surface area contributed by atoms with Crippen LogP contribution < -0.4 is 0 Å². The zero-order valence-corrected chi connectivity index (χ0v) is 7.65. The van der Waals surface area contributed by atoms with Crippen LogP contribution in [0, 0.1) is 11.3 Å². The van der Waals surface area contributed by atoms with E-state index < -0.39 is 0 Å². The lowest BCUT2D eigenvalue weighted by Crippen LogP contribution is -2.42. The third kappa shape index (κ3) is 1.51. The lowest BCUT2D eigenvalue weighted by molar-refractivity contribution is 0.0830. The maximum Gasteiger partial charge on any atom is 0.00322 e. The van der Waals surface area contributed by atoms with Crippen LogP contribution in [0.2, 0.25) is 0 Å². The van der Waals surface area contributed by atoms with Gasteiger partial charge in [-0.3, -0.25) is 0 Å². The highest BCUT2D eigenvalue weighted by atomic mass is 15.1. The summed E-state index contributed by atoms with van der Waals surface area (Å²) in [5.41, 5.74) is 0.535. The molecule has 0 amide bonds. The van der Waals surface area contributed by atoms with Gasteiger partial charge in [-0.25, -0.2) is 0 Å². The van der Waals surface area contributed by atoms with E-state index in [4.69, 9.17) is 0 Å². The molecule has 0 spiro atoms. The molecule has 1 aliphatic rings. The van der Waals surface area contributed by atoms with Crippen molar-refractivity contribution in [2.45, 2.75) is 27.2 Å². The van der Waals surface area contributed by atoms with Gasteiger partial charge in [-0.15, -0.1) is 0 Å². The lowest BCUT2D eigenvalue weighted by atomic mass is 9.75. The van der Waals surface area contributed by atoms with Crippen molar-refractivity contribution >= 4 is 0 Å². The molecule has 1 saturated heterocycles. The highest BCUT2D eigenvalue weighted by Crippen LogP contribution is 2.33. The molecule has 1 atom stereocenters. The summed E-state index contributed by atoms with van der Waals surface area (Å²) in [7, 11) is 2.22. The normalized spacial score (nSPS) is 34.2. The summed E-state index contributed by atoms with van der Waals surface area (Å²) in [6.45, 7) is 9.65. The molecule has 1 nitrogen and oxygen atoms in total. The van der Waals surface area contributed by atoms with Gasteiger partial charge in [0.15, 0.2) is 0 Å². The van der Waals surface area contributed by atoms with Gasteiger partial charge in [0.25, 0.3) is 0 Å². The first-order chi connectivity index (χ1) is 4.52. The Morgan fingerprint density at radius 2 is 2.00 bits per heavy atom. The summed E-state index contributed by atoms with van der Waals surface area (Å²) in [5, 5.41) is 0. The molecule has 1 heterocycles. The number of hydrogen-bond acceptors (Lipinski definition) is 1. The predicted molar refractivity (Wildman–Crippen MR) is 45.1 cm³/mol. The first-order valence-corrected chi connectivity index (χ1v) is 4.21. The Morgan fingerprint density at radius 1 is 1.40 bits per heavy atom. The molecular formula is C9H19N. The Labute approximate surface area is 64.4 Å². The second-order valence-electron chi connectivity index (χ2n) is 4.42. The number of nitrogens with zero attached hydrogens (tertiary/aromatic N) is 1. The maximum absolute atomic E-state index is 2.43. The predicted octanol–water partition coefficient (Wildman–Crippen LogP) is 1.98. The summed E-state index contributed by atoms with van der Waals surface area (Å²) < 4.78 is 0. The van der Waals surface area contributed by atoms with Crippen LogP contribution in [0.3, 0.4) is 0 Å². The first kappa shape index (κ1) is 8.06. The summed E-state index contributed by atoms with van der Waals surface area (Å²) in [4.78, 5) is 2.43. The van der Waals surface area contributed by atoms with Crippen molar-refractivity contribution in [3.05, 3.63) is 0 Å². The van der Waals surface area contributed by atoms with Gasteiger partial charge in [0.1, 0.15) is 0 Å².